The van der Waals surface area contributed by atoms with Gasteiger partial charge in [0.15, 0.2) is 5.11 Å². The summed E-state index contributed by atoms with van der Waals surface area (Å²) in [5.41, 5.74) is 8.06. The highest BCUT2D eigenvalue weighted by atomic mass is 32.1. The third-order valence-corrected chi connectivity index (χ3v) is 3.91. The van der Waals surface area contributed by atoms with Crippen molar-refractivity contribution in [3.8, 4) is 5.75 Å². The standard InChI is InChI=1S/C19H23N3O2S/c1-14-10-11-16(17(13-14)24-2)18(23)21-22-19(25)20-12-6-9-15-7-4-3-5-8-15/h3-5,7-8,10-11,13H,6,9,12H2,1-2H3,(H,21,23)(H2,20,22,25). The highest BCUT2D eigenvalue weighted by Crippen LogP contribution is 2.19. The first-order valence-electron chi connectivity index (χ1n) is 8.13. The summed E-state index contributed by atoms with van der Waals surface area (Å²) in [5.74, 6) is 0.228. The highest BCUT2D eigenvalue weighted by Gasteiger charge is 2.12. The molecule has 0 heterocycles. The van der Waals surface area contributed by atoms with E-state index in [4.69, 9.17) is 17.0 Å². The summed E-state index contributed by atoms with van der Waals surface area (Å²) >= 11 is 5.17. The fourth-order valence-electron chi connectivity index (χ4n) is 2.35. The van der Waals surface area contributed by atoms with Gasteiger partial charge in [-0.3, -0.25) is 15.6 Å². The van der Waals surface area contributed by atoms with E-state index in [0.717, 1.165) is 24.9 Å². The molecule has 2 aromatic rings. The monoisotopic (exact) mass is 357 g/mol. The molecule has 0 bridgehead atoms. The molecule has 0 aliphatic carbocycles. The molecule has 3 N–H and O–H groups in total. The SMILES string of the molecule is COc1cc(C)ccc1C(=O)NNC(=S)NCCCc1ccccc1. The molecule has 132 valence electrons. The van der Waals surface area contributed by atoms with Crippen molar-refractivity contribution >= 4 is 23.2 Å². The van der Waals surface area contributed by atoms with Crippen molar-refractivity contribution in [1.82, 2.24) is 16.2 Å². The maximum atomic E-state index is 12.2. The van der Waals surface area contributed by atoms with Gasteiger partial charge in [-0.15, -0.1) is 0 Å². The average molecular weight is 357 g/mol. The molecule has 0 aliphatic rings. The summed E-state index contributed by atoms with van der Waals surface area (Å²) < 4.78 is 5.24. The van der Waals surface area contributed by atoms with E-state index < -0.39 is 0 Å². The lowest BCUT2D eigenvalue weighted by Gasteiger charge is -2.13. The molecule has 0 unspecified atom stereocenters. The number of hydrazine groups is 1. The van der Waals surface area contributed by atoms with Crippen molar-refractivity contribution in [3.05, 3.63) is 65.2 Å². The molecule has 1 amide bonds. The Labute approximate surface area is 153 Å². The second-order valence-electron chi connectivity index (χ2n) is 5.63. The molecule has 0 saturated heterocycles. The first kappa shape index (κ1) is 18.7. The molecule has 0 fully saturated rings. The van der Waals surface area contributed by atoms with Crippen LogP contribution < -0.4 is 20.9 Å². The lowest BCUT2D eigenvalue weighted by Crippen LogP contribution is -2.47. The lowest BCUT2D eigenvalue weighted by atomic mass is 10.1. The van der Waals surface area contributed by atoms with E-state index >= 15 is 0 Å². The first-order chi connectivity index (χ1) is 12.1. The second kappa shape index (κ2) is 9.64. The summed E-state index contributed by atoms with van der Waals surface area (Å²) in [6.45, 7) is 2.67. The molecular formula is C19H23N3O2S. The zero-order valence-electron chi connectivity index (χ0n) is 14.5. The Morgan fingerprint density at radius 2 is 1.88 bits per heavy atom. The number of nitrogens with one attached hydrogen (secondary N) is 3. The molecule has 0 aromatic heterocycles. The van der Waals surface area contributed by atoms with Crippen LogP contribution in [0.15, 0.2) is 48.5 Å². The van der Waals surface area contributed by atoms with Gasteiger partial charge in [-0.05, 0) is 55.2 Å². The Kier molecular flexibility index (Phi) is 7.22. The average Bonchev–Trinajstić information content (AvgIpc) is 2.64. The Morgan fingerprint density at radius 3 is 2.60 bits per heavy atom. The van der Waals surface area contributed by atoms with E-state index in [1.54, 1.807) is 6.07 Å². The lowest BCUT2D eigenvalue weighted by molar-refractivity contribution is 0.0940. The molecule has 0 spiro atoms. The van der Waals surface area contributed by atoms with E-state index in [-0.39, 0.29) is 5.91 Å². The van der Waals surface area contributed by atoms with Gasteiger partial charge in [-0.1, -0.05) is 36.4 Å². The summed E-state index contributed by atoms with van der Waals surface area (Å²) in [6.07, 6.45) is 1.93. The van der Waals surface area contributed by atoms with E-state index in [0.29, 0.717) is 16.4 Å². The maximum Gasteiger partial charge on any atom is 0.273 e. The smallest absolute Gasteiger partial charge is 0.273 e. The molecule has 0 atom stereocenters. The topological polar surface area (TPSA) is 62.4 Å². The number of rotatable bonds is 6. The van der Waals surface area contributed by atoms with Gasteiger partial charge in [-0.2, -0.15) is 0 Å². The number of amides is 1. The Morgan fingerprint density at radius 1 is 1.12 bits per heavy atom. The fraction of sp³-hybridized carbons (Fsp3) is 0.263. The van der Waals surface area contributed by atoms with Gasteiger partial charge < -0.3 is 10.1 Å². The van der Waals surface area contributed by atoms with E-state index in [1.165, 1.54) is 12.7 Å². The molecule has 6 heteroatoms. The van der Waals surface area contributed by atoms with Crippen molar-refractivity contribution < 1.29 is 9.53 Å². The predicted molar refractivity (Wildman–Crippen MR) is 104 cm³/mol. The van der Waals surface area contributed by atoms with Crippen LogP contribution in [0.5, 0.6) is 5.75 Å². The van der Waals surface area contributed by atoms with Gasteiger partial charge in [0.1, 0.15) is 5.75 Å². The molecule has 2 rings (SSSR count). The number of carbonyl (C=O) groups is 1. The van der Waals surface area contributed by atoms with Crippen molar-refractivity contribution in [1.29, 1.82) is 0 Å². The number of aryl methyl sites for hydroxylation is 2. The number of thiocarbonyl (C=S) groups is 1. The molecule has 2 aromatic carbocycles. The van der Waals surface area contributed by atoms with Crippen molar-refractivity contribution in [2.45, 2.75) is 19.8 Å². The van der Waals surface area contributed by atoms with Gasteiger partial charge in [0.05, 0.1) is 12.7 Å². The minimum absolute atomic E-state index is 0.301. The van der Waals surface area contributed by atoms with Crippen molar-refractivity contribution in [2.75, 3.05) is 13.7 Å². The number of benzene rings is 2. The minimum atomic E-state index is -0.301. The van der Waals surface area contributed by atoms with Crippen molar-refractivity contribution in [3.63, 3.8) is 0 Å². The molecule has 0 radical (unpaired) electrons. The zero-order chi connectivity index (χ0) is 18.1. The van der Waals surface area contributed by atoms with Crippen LogP contribution in [0.3, 0.4) is 0 Å². The van der Waals surface area contributed by atoms with Crippen LogP contribution in [-0.4, -0.2) is 24.7 Å². The molecule has 25 heavy (non-hydrogen) atoms. The Bertz CT molecular complexity index is 720. The van der Waals surface area contributed by atoms with E-state index in [2.05, 4.69) is 28.3 Å². The second-order valence-corrected chi connectivity index (χ2v) is 6.04. The molecular weight excluding hydrogens is 334 g/mol. The first-order valence-corrected chi connectivity index (χ1v) is 8.53. The molecule has 5 nitrogen and oxygen atoms in total. The Hall–Kier alpha value is -2.60. The maximum absolute atomic E-state index is 12.2. The van der Waals surface area contributed by atoms with Gasteiger partial charge in [0.25, 0.3) is 5.91 Å². The molecule has 0 aliphatic heterocycles. The van der Waals surface area contributed by atoms with Crippen LogP contribution in [0, 0.1) is 6.92 Å². The van der Waals surface area contributed by atoms with Crippen LogP contribution in [0.25, 0.3) is 0 Å². The van der Waals surface area contributed by atoms with E-state index in [9.17, 15) is 4.79 Å². The largest absolute Gasteiger partial charge is 0.496 e. The van der Waals surface area contributed by atoms with Crippen LogP contribution >= 0.6 is 12.2 Å². The third-order valence-electron chi connectivity index (χ3n) is 3.66. The number of hydrogen-bond donors (Lipinski definition) is 3. The summed E-state index contributed by atoms with van der Waals surface area (Å²) in [4.78, 5) is 12.2. The van der Waals surface area contributed by atoms with Gasteiger partial charge >= 0.3 is 0 Å². The summed E-state index contributed by atoms with van der Waals surface area (Å²) in [5, 5.41) is 3.45. The summed E-state index contributed by atoms with van der Waals surface area (Å²) in [7, 11) is 1.54. The van der Waals surface area contributed by atoms with Gasteiger partial charge in [-0.25, -0.2) is 0 Å². The van der Waals surface area contributed by atoms with Gasteiger partial charge in [0, 0.05) is 6.54 Å². The predicted octanol–water partition coefficient (Wildman–Crippen LogP) is 2.75. The van der Waals surface area contributed by atoms with Crippen LogP contribution in [0.1, 0.15) is 27.9 Å². The Balaban J connectivity index is 1.71. The normalized spacial score (nSPS) is 10.0. The quantitative estimate of drug-likeness (QED) is 0.422. The zero-order valence-corrected chi connectivity index (χ0v) is 15.3. The van der Waals surface area contributed by atoms with Crippen LogP contribution in [0.2, 0.25) is 0 Å². The van der Waals surface area contributed by atoms with Crippen LogP contribution in [-0.2, 0) is 6.42 Å². The summed E-state index contributed by atoms with van der Waals surface area (Å²) in [6, 6.07) is 15.7. The number of hydrogen-bond acceptors (Lipinski definition) is 3. The minimum Gasteiger partial charge on any atom is -0.496 e. The fourth-order valence-corrected chi connectivity index (χ4v) is 2.50. The number of carbonyl (C=O) groups excluding carboxylic acids is 1. The van der Waals surface area contributed by atoms with Gasteiger partial charge in [0.2, 0.25) is 0 Å². The van der Waals surface area contributed by atoms with E-state index in [1.807, 2.05) is 37.3 Å². The number of ether oxygens (including phenoxy) is 1. The molecule has 0 saturated carbocycles. The third kappa shape index (κ3) is 6.08. The van der Waals surface area contributed by atoms with Crippen LogP contribution in [0.4, 0.5) is 0 Å². The van der Waals surface area contributed by atoms with Crippen molar-refractivity contribution in [2.24, 2.45) is 0 Å². The highest BCUT2D eigenvalue weighted by molar-refractivity contribution is 7.80. The number of methoxy groups -OCH3 is 1.